The van der Waals surface area contributed by atoms with Gasteiger partial charge in [0.1, 0.15) is 5.75 Å². The van der Waals surface area contributed by atoms with E-state index in [1.807, 2.05) is 0 Å². The minimum absolute atomic E-state index is 0.0349. The van der Waals surface area contributed by atoms with Gasteiger partial charge >= 0.3 is 16.4 Å². The Morgan fingerprint density at radius 2 is 1.79 bits per heavy atom. The molecule has 8 heteroatoms. The van der Waals surface area contributed by atoms with Crippen LogP contribution in [-0.2, 0) is 14.2 Å². The Kier molecular flexibility index (Phi) is 2.96. The Bertz CT molecular complexity index is 456. The SMILES string of the molecule is NS(=O)(=O)P(=O)(O)Oc1ccccc1. The van der Waals surface area contributed by atoms with Crippen molar-refractivity contribution in [3.05, 3.63) is 30.3 Å². The third-order valence-electron chi connectivity index (χ3n) is 1.29. The van der Waals surface area contributed by atoms with E-state index in [1.165, 1.54) is 24.3 Å². The maximum absolute atomic E-state index is 11.0. The molecule has 0 aliphatic carbocycles. The van der Waals surface area contributed by atoms with E-state index in [0.29, 0.717) is 0 Å². The van der Waals surface area contributed by atoms with Gasteiger partial charge in [0.2, 0.25) is 0 Å². The lowest BCUT2D eigenvalue weighted by atomic mass is 10.3. The topological polar surface area (TPSA) is 107 Å². The van der Waals surface area contributed by atoms with Crippen LogP contribution in [0, 0.1) is 0 Å². The molecule has 1 aromatic carbocycles. The molecule has 1 rings (SSSR count). The van der Waals surface area contributed by atoms with Crippen LogP contribution in [0.4, 0.5) is 0 Å². The van der Waals surface area contributed by atoms with Gasteiger partial charge in [0.15, 0.2) is 0 Å². The van der Waals surface area contributed by atoms with Gasteiger partial charge in [-0.15, -0.1) is 0 Å². The van der Waals surface area contributed by atoms with Crippen LogP contribution < -0.4 is 9.66 Å². The highest BCUT2D eigenvalue weighted by atomic mass is 32.8. The van der Waals surface area contributed by atoms with Crippen LogP contribution >= 0.6 is 6.80 Å². The van der Waals surface area contributed by atoms with E-state index in [-0.39, 0.29) is 5.75 Å². The monoisotopic (exact) mass is 237 g/mol. The van der Waals surface area contributed by atoms with Gasteiger partial charge < -0.3 is 9.42 Å². The van der Waals surface area contributed by atoms with Crippen LogP contribution in [0.25, 0.3) is 0 Å². The zero-order valence-electron chi connectivity index (χ0n) is 6.90. The van der Waals surface area contributed by atoms with Crippen LogP contribution in [-0.4, -0.2) is 13.3 Å². The van der Waals surface area contributed by atoms with Crippen molar-refractivity contribution in [2.24, 2.45) is 5.14 Å². The van der Waals surface area contributed by atoms with Gasteiger partial charge in [-0.25, -0.2) is 9.70 Å². The number of hydrogen-bond acceptors (Lipinski definition) is 4. The minimum atomic E-state index is -4.85. The predicted molar refractivity (Wildman–Crippen MR) is 50.0 cm³/mol. The fraction of sp³-hybridized carbons (Fsp3) is 0. The molecular formula is C6H8NO5PS. The molecular weight excluding hydrogens is 229 g/mol. The number of hydrogen-bond donors (Lipinski definition) is 2. The fourth-order valence-electron chi connectivity index (χ4n) is 0.667. The molecule has 0 spiro atoms. The summed E-state index contributed by atoms with van der Waals surface area (Å²) in [5.74, 6) is -0.0349. The molecule has 0 fully saturated rings. The molecule has 0 saturated heterocycles. The second kappa shape index (κ2) is 3.70. The van der Waals surface area contributed by atoms with Gasteiger partial charge in [0.25, 0.3) is 0 Å². The van der Waals surface area contributed by atoms with Crippen molar-refractivity contribution in [3.8, 4) is 5.75 Å². The van der Waals surface area contributed by atoms with Gasteiger partial charge in [-0.1, -0.05) is 18.2 Å². The smallest absolute Gasteiger partial charge is 0.413 e. The van der Waals surface area contributed by atoms with Crippen molar-refractivity contribution >= 4 is 16.4 Å². The average molecular weight is 237 g/mol. The molecule has 0 aromatic heterocycles. The first-order valence-electron chi connectivity index (χ1n) is 3.43. The molecule has 14 heavy (non-hydrogen) atoms. The summed E-state index contributed by atoms with van der Waals surface area (Å²) in [6.45, 7) is -4.85. The molecule has 0 aliphatic heterocycles. The molecule has 1 aromatic rings. The van der Waals surface area contributed by atoms with E-state index >= 15 is 0 Å². The molecule has 0 bridgehead atoms. The zero-order valence-corrected chi connectivity index (χ0v) is 8.61. The predicted octanol–water partition coefficient (Wildman–Crippen LogP) is 0.454. The maximum atomic E-state index is 11.0. The molecule has 0 aliphatic rings. The average Bonchev–Trinajstić information content (AvgIpc) is 2.03. The Labute approximate surface area is 80.7 Å². The van der Waals surface area contributed by atoms with Crippen molar-refractivity contribution in [1.82, 2.24) is 0 Å². The van der Waals surface area contributed by atoms with Crippen molar-refractivity contribution < 1.29 is 22.4 Å². The van der Waals surface area contributed by atoms with Crippen LogP contribution in [0.5, 0.6) is 5.75 Å². The summed E-state index contributed by atoms with van der Waals surface area (Å²) < 4.78 is 36.6. The molecule has 1 unspecified atom stereocenters. The molecule has 0 saturated carbocycles. The zero-order chi connectivity index (χ0) is 10.8. The lowest BCUT2D eigenvalue weighted by Crippen LogP contribution is -2.15. The Morgan fingerprint density at radius 1 is 1.29 bits per heavy atom. The van der Waals surface area contributed by atoms with Crippen molar-refractivity contribution in [2.45, 2.75) is 0 Å². The third-order valence-corrected chi connectivity index (χ3v) is 4.52. The molecule has 0 heterocycles. The van der Waals surface area contributed by atoms with Crippen LogP contribution in [0.1, 0.15) is 0 Å². The van der Waals surface area contributed by atoms with Crippen molar-refractivity contribution in [1.29, 1.82) is 0 Å². The first-order chi connectivity index (χ1) is 6.33. The number of nitrogens with two attached hydrogens (primary N) is 1. The second-order valence-corrected chi connectivity index (χ2v) is 7.45. The van der Waals surface area contributed by atoms with Crippen molar-refractivity contribution in [2.75, 3.05) is 0 Å². The summed E-state index contributed by atoms with van der Waals surface area (Å²) >= 11 is 0. The standard InChI is InChI=1S/C6H8NO5PS/c7-14(10,11)13(8,9)12-6-4-2-1-3-5-6/h1-5H,(H,8,9)(H2,7,10,11). The normalized spacial score (nSPS) is 15.9. The van der Waals surface area contributed by atoms with Crippen molar-refractivity contribution in [3.63, 3.8) is 0 Å². The number of rotatable bonds is 3. The van der Waals surface area contributed by atoms with E-state index in [2.05, 4.69) is 9.66 Å². The molecule has 0 radical (unpaired) electrons. The highest BCUT2D eigenvalue weighted by molar-refractivity contribution is 8.48. The van der Waals surface area contributed by atoms with Crippen LogP contribution in [0.3, 0.4) is 0 Å². The lowest BCUT2D eigenvalue weighted by molar-refractivity contribution is 0.396. The third kappa shape index (κ3) is 2.55. The Morgan fingerprint density at radius 3 is 2.21 bits per heavy atom. The summed E-state index contributed by atoms with van der Waals surface area (Å²) in [7, 11) is -4.61. The summed E-state index contributed by atoms with van der Waals surface area (Å²) in [5, 5.41) is 4.50. The Hall–Kier alpha value is -0.880. The summed E-state index contributed by atoms with van der Waals surface area (Å²) in [5.41, 5.74) is 0. The maximum Gasteiger partial charge on any atom is 0.507 e. The summed E-state index contributed by atoms with van der Waals surface area (Å²) in [6.07, 6.45) is 0. The van der Waals surface area contributed by atoms with Crippen LogP contribution in [0.15, 0.2) is 30.3 Å². The van der Waals surface area contributed by atoms with E-state index in [9.17, 15) is 13.0 Å². The summed E-state index contributed by atoms with van der Waals surface area (Å²) in [6, 6.07) is 7.38. The van der Waals surface area contributed by atoms with Gasteiger partial charge in [0.05, 0.1) is 0 Å². The van der Waals surface area contributed by atoms with Gasteiger partial charge in [0, 0.05) is 0 Å². The van der Waals surface area contributed by atoms with E-state index < -0.39 is 16.4 Å². The summed E-state index contributed by atoms with van der Waals surface area (Å²) in [4.78, 5) is 8.92. The molecule has 0 amide bonds. The van der Waals surface area contributed by atoms with E-state index in [1.54, 1.807) is 6.07 Å². The van der Waals surface area contributed by atoms with E-state index in [4.69, 9.17) is 4.89 Å². The van der Waals surface area contributed by atoms with Crippen LogP contribution in [0.2, 0.25) is 0 Å². The Balaban J connectivity index is 2.97. The molecule has 3 N–H and O–H groups in total. The quantitative estimate of drug-likeness (QED) is 0.742. The lowest BCUT2D eigenvalue weighted by Gasteiger charge is -2.09. The first-order valence-corrected chi connectivity index (χ1v) is 7.16. The number of benzene rings is 1. The van der Waals surface area contributed by atoms with Gasteiger partial charge in [-0.3, -0.25) is 0 Å². The number of para-hydroxylation sites is 1. The molecule has 6 nitrogen and oxygen atoms in total. The van der Waals surface area contributed by atoms with Gasteiger partial charge in [-0.05, 0) is 12.1 Å². The molecule has 1 atom stereocenters. The largest absolute Gasteiger partial charge is 0.507 e. The highest BCUT2D eigenvalue weighted by Crippen LogP contribution is 2.46. The second-order valence-electron chi connectivity index (χ2n) is 2.39. The molecule has 78 valence electrons. The van der Waals surface area contributed by atoms with E-state index in [0.717, 1.165) is 0 Å². The fourth-order valence-corrected chi connectivity index (χ4v) is 1.73. The highest BCUT2D eigenvalue weighted by Gasteiger charge is 2.36. The van der Waals surface area contributed by atoms with Gasteiger partial charge in [-0.2, -0.15) is 8.42 Å². The minimum Gasteiger partial charge on any atom is -0.413 e. The first kappa shape index (κ1) is 11.2.